The molecule has 1 aliphatic heterocycles. The van der Waals surface area contributed by atoms with Crippen molar-refractivity contribution >= 4 is 21.8 Å². The molecule has 0 bridgehead atoms. The highest BCUT2D eigenvalue weighted by molar-refractivity contribution is 9.09. The standard InChI is InChI=1S/C10H18BrNO2/c1-7(3-5-11)12-10(13)9-4-6-14-8(9)2/h7-9H,3-6H2,1-2H3,(H,12,13). The van der Waals surface area contributed by atoms with Crippen LogP contribution in [-0.2, 0) is 9.53 Å². The second kappa shape index (κ2) is 5.71. The van der Waals surface area contributed by atoms with Crippen LogP contribution in [0.25, 0.3) is 0 Å². The third-order valence-corrected chi connectivity index (χ3v) is 3.10. The summed E-state index contributed by atoms with van der Waals surface area (Å²) < 4.78 is 5.36. The summed E-state index contributed by atoms with van der Waals surface area (Å²) in [6.45, 7) is 4.71. The van der Waals surface area contributed by atoms with Crippen molar-refractivity contribution in [3.8, 4) is 0 Å². The van der Waals surface area contributed by atoms with Gasteiger partial charge in [0, 0.05) is 18.0 Å². The summed E-state index contributed by atoms with van der Waals surface area (Å²) in [5, 5.41) is 3.93. The monoisotopic (exact) mass is 263 g/mol. The van der Waals surface area contributed by atoms with Crippen LogP contribution in [0.15, 0.2) is 0 Å². The molecule has 3 unspecified atom stereocenters. The molecule has 1 rings (SSSR count). The first-order chi connectivity index (χ1) is 6.65. The molecule has 1 fully saturated rings. The topological polar surface area (TPSA) is 38.3 Å². The Morgan fingerprint density at radius 3 is 2.93 bits per heavy atom. The number of amides is 1. The molecule has 0 saturated carbocycles. The first kappa shape index (κ1) is 12.0. The SMILES string of the molecule is CC(CCBr)NC(=O)C1CCOC1C. The summed E-state index contributed by atoms with van der Waals surface area (Å²) in [4.78, 5) is 11.7. The second-order valence-corrected chi connectivity index (χ2v) is 4.65. The van der Waals surface area contributed by atoms with E-state index in [4.69, 9.17) is 4.74 Å². The fourth-order valence-corrected chi connectivity index (χ4v) is 2.35. The lowest BCUT2D eigenvalue weighted by Crippen LogP contribution is -2.39. The van der Waals surface area contributed by atoms with Gasteiger partial charge in [-0.1, -0.05) is 15.9 Å². The molecule has 0 aromatic carbocycles. The highest BCUT2D eigenvalue weighted by Crippen LogP contribution is 2.20. The van der Waals surface area contributed by atoms with Crippen molar-refractivity contribution in [2.24, 2.45) is 5.92 Å². The van der Waals surface area contributed by atoms with Crippen LogP contribution in [0.2, 0.25) is 0 Å². The van der Waals surface area contributed by atoms with E-state index in [0.717, 1.165) is 18.2 Å². The third-order valence-electron chi connectivity index (χ3n) is 2.64. The van der Waals surface area contributed by atoms with E-state index in [0.29, 0.717) is 6.61 Å². The van der Waals surface area contributed by atoms with E-state index in [9.17, 15) is 4.79 Å². The Balaban J connectivity index is 2.33. The molecule has 1 N–H and O–H groups in total. The van der Waals surface area contributed by atoms with Gasteiger partial charge in [-0.3, -0.25) is 4.79 Å². The zero-order chi connectivity index (χ0) is 10.6. The summed E-state index contributed by atoms with van der Waals surface area (Å²) in [5.74, 6) is 0.191. The quantitative estimate of drug-likeness (QED) is 0.785. The molecule has 1 amide bonds. The minimum absolute atomic E-state index is 0.0489. The Morgan fingerprint density at radius 1 is 1.71 bits per heavy atom. The lowest BCUT2D eigenvalue weighted by molar-refractivity contribution is -0.126. The van der Waals surface area contributed by atoms with E-state index in [1.807, 2.05) is 13.8 Å². The van der Waals surface area contributed by atoms with Gasteiger partial charge in [-0.15, -0.1) is 0 Å². The minimum Gasteiger partial charge on any atom is -0.378 e. The minimum atomic E-state index is 0.0489. The predicted molar refractivity (Wildman–Crippen MR) is 59.5 cm³/mol. The molecule has 82 valence electrons. The van der Waals surface area contributed by atoms with E-state index in [-0.39, 0.29) is 24.0 Å². The maximum absolute atomic E-state index is 11.7. The molecule has 1 heterocycles. The second-order valence-electron chi connectivity index (χ2n) is 3.86. The Morgan fingerprint density at radius 2 is 2.43 bits per heavy atom. The molecule has 0 aromatic heterocycles. The normalized spacial score (nSPS) is 28.8. The molecule has 0 radical (unpaired) electrons. The summed E-state index contributed by atoms with van der Waals surface area (Å²) in [7, 11) is 0. The van der Waals surface area contributed by atoms with Gasteiger partial charge in [0.1, 0.15) is 0 Å². The number of alkyl halides is 1. The highest BCUT2D eigenvalue weighted by Gasteiger charge is 2.30. The van der Waals surface area contributed by atoms with Crippen LogP contribution in [0.5, 0.6) is 0 Å². The molecule has 1 aliphatic rings. The molecular formula is C10H18BrNO2. The van der Waals surface area contributed by atoms with Gasteiger partial charge in [0.2, 0.25) is 5.91 Å². The smallest absolute Gasteiger partial charge is 0.226 e. The van der Waals surface area contributed by atoms with Gasteiger partial charge in [-0.05, 0) is 26.7 Å². The largest absolute Gasteiger partial charge is 0.378 e. The molecule has 0 aliphatic carbocycles. The maximum Gasteiger partial charge on any atom is 0.226 e. The van der Waals surface area contributed by atoms with Crippen LogP contribution in [0, 0.1) is 5.92 Å². The Labute approximate surface area is 93.7 Å². The number of nitrogens with one attached hydrogen (secondary N) is 1. The Kier molecular flexibility index (Phi) is 4.89. The van der Waals surface area contributed by atoms with Crippen LogP contribution < -0.4 is 5.32 Å². The molecule has 0 spiro atoms. The van der Waals surface area contributed by atoms with Gasteiger partial charge in [-0.2, -0.15) is 0 Å². The van der Waals surface area contributed by atoms with Gasteiger partial charge in [0.05, 0.1) is 12.0 Å². The predicted octanol–water partition coefficient (Wildman–Crippen LogP) is 1.70. The number of rotatable bonds is 4. The third kappa shape index (κ3) is 3.24. The van der Waals surface area contributed by atoms with Gasteiger partial charge >= 0.3 is 0 Å². The van der Waals surface area contributed by atoms with Gasteiger partial charge in [-0.25, -0.2) is 0 Å². The van der Waals surface area contributed by atoms with Crippen LogP contribution >= 0.6 is 15.9 Å². The maximum atomic E-state index is 11.7. The van der Waals surface area contributed by atoms with Crippen molar-refractivity contribution in [1.82, 2.24) is 5.32 Å². The number of ether oxygens (including phenoxy) is 1. The average Bonchev–Trinajstić information content (AvgIpc) is 2.51. The molecule has 3 atom stereocenters. The summed E-state index contributed by atoms with van der Waals surface area (Å²) in [6, 6.07) is 0.245. The van der Waals surface area contributed by atoms with Gasteiger partial charge in [0.15, 0.2) is 0 Å². The number of carbonyl (C=O) groups is 1. The van der Waals surface area contributed by atoms with Crippen LogP contribution in [0.1, 0.15) is 26.7 Å². The van der Waals surface area contributed by atoms with Crippen molar-refractivity contribution < 1.29 is 9.53 Å². The Hall–Kier alpha value is -0.0900. The van der Waals surface area contributed by atoms with Crippen LogP contribution in [0.3, 0.4) is 0 Å². The van der Waals surface area contributed by atoms with E-state index in [2.05, 4.69) is 21.2 Å². The number of hydrogen-bond donors (Lipinski definition) is 1. The van der Waals surface area contributed by atoms with Gasteiger partial charge < -0.3 is 10.1 Å². The van der Waals surface area contributed by atoms with E-state index >= 15 is 0 Å². The fraction of sp³-hybridized carbons (Fsp3) is 0.900. The fourth-order valence-electron chi connectivity index (χ4n) is 1.66. The van der Waals surface area contributed by atoms with E-state index in [1.165, 1.54) is 0 Å². The zero-order valence-corrected chi connectivity index (χ0v) is 10.3. The number of carbonyl (C=O) groups excluding carboxylic acids is 1. The van der Waals surface area contributed by atoms with E-state index in [1.54, 1.807) is 0 Å². The number of hydrogen-bond acceptors (Lipinski definition) is 2. The summed E-state index contributed by atoms with van der Waals surface area (Å²) in [5.41, 5.74) is 0. The van der Waals surface area contributed by atoms with Gasteiger partial charge in [0.25, 0.3) is 0 Å². The van der Waals surface area contributed by atoms with Crippen molar-refractivity contribution in [2.45, 2.75) is 38.8 Å². The van der Waals surface area contributed by atoms with Crippen molar-refractivity contribution in [1.29, 1.82) is 0 Å². The van der Waals surface area contributed by atoms with Crippen molar-refractivity contribution in [3.63, 3.8) is 0 Å². The Bertz CT molecular complexity index is 199. The van der Waals surface area contributed by atoms with Crippen LogP contribution in [-0.4, -0.2) is 30.0 Å². The molecule has 4 heteroatoms. The number of halogens is 1. The van der Waals surface area contributed by atoms with Crippen molar-refractivity contribution in [2.75, 3.05) is 11.9 Å². The van der Waals surface area contributed by atoms with Crippen molar-refractivity contribution in [3.05, 3.63) is 0 Å². The summed E-state index contributed by atoms with van der Waals surface area (Å²) in [6.07, 6.45) is 1.90. The molecule has 1 saturated heterocycles. The van der Waals surface area contributed by atoms with Crippen LogP contribution in [0.4, 0.5) is 0 Å². The van der Waals surface area contributed by atoms with E-state index < -0.39 is 0 Å². The summed E-state index contributed by atoms with van der Waals surface area (Å²) >= 11 is 3.36. The highest BCUT2D eigenvalue weighted by atomic mass is 79.9. The average molecular weight is 264 g/mol. The molecular weight excluding hydrogens is 246 g/mol. The lowest BCUT2D eigenvalue weighted by Gasteiger charge is -2.18. The lowest BCUT2D eigenvalue weighted by atomic mass is 10.0. The molecule has 0 aromatic rings. The molecule has 3 nitrogen and oxygen atoms in total. The first-order valence-electron chi connectivity index (χ1n) is 5.13. The zero-order valence-electron chi connectivity index (χ0n) is 8.75. The molecule has 14 heavy (non-hydrogen) atoms. The first-order valence-corrected chi connectivity index (χ1v) is 6.25.